The van der Waals surface area contributed by atoms with Crippen molar-refractivity contribution >= 4 is 0 Å². The van der Waals surface area contributed by atoms with Gasteiger partial charge in [0.05, 0.1) is 6.61 Å². The first-order valence-electron chi connectivity index (χ1n) is 6.92. The van der Waals surface area contributed by atoms with E-state index in [2.05, 4.69) is 11.8 Å². The molecule has 0 spiro atoms. The van der Waals surface area contributed by atoms with Crippen LogP contribution in [0.25, 0.3) is 0 Å². The minimum absolute atomic E-state index is 0.538. The second-order valence-corrected chi connectivity index (χ2v) is 5.24. The number of para-hydroxylation sites is 1. The summed E-state index contributed by atoms with van der Waals surface area (Å²) in [6, 6.07) is 8.04. The van der Waals surface area contributed by atoms with Gasteiger partial charge in [0, 0.05) is 24.6 Å². The molecule has 1 fully saturated rings. The number of nitrogens with two attached hydrogens (primary N) is 1. The SMILES string of the molecule is CC(COc1ccccc1CN)CN1CCCC1. The summed E-state index contributed by atoms with van der Waals surface area (Å²) in [5.41, 5.74) is 6.79. The summed E-state index contributed by atoms with van der Waals surface area (Å²) in [6.07, 6.45) is 2.70. The van der Waals surface area contributed by atoms with Crippen LogP contribution in [0.3, 0.4) is 0 Å². The standard InChI is InChI=1S/C15H24N2O/c1-13(11-17-8-4-5-9-17)12-18-15-7-3-2-6-14(15)10-16/h2-3,6-7,13H,4-5,8-12,16H2,1H3. The number of rotatable bonds is 6. The number of likely N-dealkylation sites (tertiary alicyclic amines) is 1. The lowest BCUT2D eigenvalue weighted by Gasteiger charge is -2.21. The second-order valence-electron chi connectivity index (χ2n) is 5.24. The van der Waals surface area contributed by atoms with Crippen LogP contribution in [-0.2, 0) is 6.54 Å². The molecule has 1 atom stereocenters. The first-order chi connectivity index (χ1) is 8.79. The maximum atomic E-state index is 5.89. The van der Waals surface area contributed by atoms with Crippen LogP contribution >= 0.6 is 0 Å². The van der Waals surface area contributed by atoms with Gasteiger partial charge in [0.25, 0.3) is 0 Å². The first-order valence-corrected chi connectivity index (χ1v) is 6.92. The van der Waals surface area contributed by atoms with Crippen molar-refractivity contribution in [1.82, 2.24) is 4.90 Å². The number of hydrogen-bond donors (Lipinski definition) is 1. The van der Waals surface area contributed by atoms with Crippen LogP contribution in [0.15, 0.2) is 24.3 Å². The van der Waals surface area contributed by atoms with Crippen LogP contribution in [0.2, 0.25) is 0 Å². The molecule has 2 rings (SSSR count). The quantitative estimate of drug-likeness (QED) is 0.839. The Morgan fingerprint density at radius 3 is 2.72 bits per heavy atom. The van der Waals surface area contributed by atoms with Crippen molar-refractivity contribution in [3.63, 3.8) is 0 Å². The minimum atomic E-state index is 0.538. The van der Waals surface area contributed by atoms with Crippen molar-refractivity contribution < 1.29 is 4.74 Å². The Bertz CT molecular complexity index is 361. The zero-order chi connectivity index (χ0) is 12.8. The third kappa shape index (κ3) is 3.72. The molecule has 1 aromatic rings. The van der Waals surface area contributed by atoms with Gasteiger partial charge in [0.2, 0.25) is 0 Å². The summed E-state index contributed by atoms with van der Waals surface area (Å²) >= 11 is 0. The third-order valence-electron chi connectivity index (χ3n) is 3.48. The molecular formula is C15H24N2O. The lowest BCUT2D eigenvalue weighted by atomic mass is 10.1. The van der Waals surface area contributed by atoms with Gasteiger partial charge >= 0.3 is 0 Å². The van der Waals surface area contributed by atoms with Gasteiger partial charge in [-0.25, -0.2) is 0 Å². The highest BCUT2D eigenvalue weighted by Crippen LogP contribution is 2.18. The maximum absolute atomic E-state index is 5.89. The molecule has 3 heteroatoms. The largest absolute Gasteiger partial charge is 0.493 e. The average Bonchev–Trinajstić information content (AvgIpc) is 2.89. The van der Waals surface area contributed by atoms with Crippen LogP contribution in [0, 0.1) is 5.92 Å². The smallest absolute Gasteiger partial charge is 0.123 e. The highest BCUT2D eigenvalue weighted by Gasteiger charge is 2.15. The summed E-state index contributed by atoms with van der Waals surface area (Å²) in [5.74, 6) is 1.50. The number of ether oxygens (including phenoxy) is 1. The van der Waals surface area contributed by atoms with Crippen molar-refractivity contribution in [3.8, 4) is 5.75 Å². The van der Waals surface area contributed by atoms with Crippen LogP contribution < -0.4 is 10.5 Å². The second kappa shape index (κ2) is 6.76. The van der Waals surface area contributed by atoms with Crippen molar-refractivity contribution in [2.24, 2.45) is 11.7 Å². The molecular weight excluding hydrogens is 224 g/mol. The summed E-state index contributed by atoms with van der Waals surface area (Å²) in [5, 5.41) is 0. The van der Waals surface area contributed by atoms with E-state index in [1.165, 1.54) is 25.9 Å². The van der Waals surface area contributed by atoms with E-state index in [1.54, 1.807) is 0 Å². The van der Waals surface area contributed by atoms with Crippen LogP contribution in [0.5, 0.6) is 5.75 Å². The molecule has 0 bridgehead atoms. The van der Waals surface area contributed by atoms with Gasteiger partial charge in [-0.05, 0) is 32.0 Å². The van der Waals surface area contributed by atoms with Gasteiger partial charge in [0.1, 0.15) is 5.75 Å². The van der Waals surface area contributed by atoms with Crippen molar-refractivity contribution in [3.05, 3.63) is 29.8 Å². The van der Waals surface area contributed by atoms with Gasteiger partial charge in [-0.3, -0.25) is 0 Å². The lowest BCUT2D eigenvalue weighted by Crippen LogP contribution is -2.28. The van der Waals surface area contributed by atoms with Gasteiger partial charge in [-0.15, -0.1) is 0 Å². The number of hydrogen-bond acceptors (Lipinski definition) is 3. The van der Waals surface area contributed by atoms with E-state index >= 15 is 0 Å². The Morgan fingerprint density at radius 1 is 1.28 bits per heavy atom. The van der Waals surface area contributed by atoms with Crippen LogP contribution in [-0.4, -0.2) is 31.1 Å². The molecule has 3 nitrogen and oxygen atoms in total. The zero-order valence-corrected chi connectivity index (χ0v) is 11.3. The molecule has 0 amide bonds. The van der Waals surface area contributed by atoms with E-state index in [0.717, 1.165) is 24.5 Å². The molecule has 1 heterocycles. The van der Waals surface area contributed by atoms with E-state index < -0.39 is 0 Å². The molecule has 0 radical (unpaired) electrons. The fraction of sp³-hybridized carbons (Fsp3) is 0.600. The van der Waals surface area contributed by atoms with Gasteiger partial charge in [0.15, 0.2) is 0 Å². The third-order valence-corrected chi connectivity index (χ3v) is 3.48. The molecule has 0 saturated carbocycles. The molecule has 1 aliphatic rings. The first kappa shape index (κ1) is 13.4. The summed E-state index contributed by atoms with van der Waals surface area (Å²) in [6.45, 7) is 7.21. The Balaban J connectivity index is 1.79. The highest BCUT2D eigenvalue weighted by molar-refractivity contribution is 5.32. The number of nitrogens with zero attached hydrogens (tertiary/aromatic N) is 1. The van der Waals surface area contributed by atoms with Crippen molar-refractivity contribution in [1.29, 1.82) is 0 Å². The fourth-order valence-corrected chi connectivity index (χ4v) is 2.50. The van der Waals surface area contributed by atoms with E-state index in [4.69, 9.17) is 10.5 Å². The Morgan fingerprint density at radius 2 is 2.00 bits per heavy atom. The van der Waals surface area contributed by atoms with E-state index in [0.29, 0.717) is 12.5 Å². The Labute approximate surface area is 110 Å². The van der Waals surface area contributed by atoms with E-state index in [9.17, 15) is 0 Å². The zero-order valence-electron chi connectivity index (χ0n) is 11.3. The molecule has 2 N–H and O–H groups in total. The Hall–Kier alpha value is -1.06. The summed E-state index contributed by atoms with van der Waals surface area (Å²) in [4.78, 5) is 2.53. The maximum Gasteiger partial charge on any atom is 0.123 e. The molecule has 100 valence electrons. The van der Waals surface area contributed by atoms with E-state index in [1.807, 2.05) is 24.3 Å². The molecule has 0 aromatic heterocycles. The highest BCUT2D eigenvalue weighted by atomic mass is 16.5. The normalized spacial score (nSPS) is 17.9. The summed E-state index contributed by atoms with van der Waals surface area (Å²) in [7, 11) is 0. The van der Waals surface area contributed by atoms with Crippen molar-refractivity contribution in [2.75, 3.05) is 26.2 Å². The van der Waals surface area contributed by atoms with Gasteiger partial charge < -0.3 is 15.4 Å². The predicted molar refractivity (Wildman–Crippen MR) is 74.7 cm³/mol. The van der Waals surface area contributed by atoms with Gasteiger partial charge in [-0.1, -0.05) is 25.1 Å². The Kier molecular flexibility index (Phi) is 5.02. The average molecular weight is 248 g/mol. The van der Waals surface area contributed by atoms with Crippen LogP contribution in [0.1, 0.15) is 25.3 Å². The molecule has 0 aliphatic carbocycles. The summed E-state index contributed by atoms with van der Waals surface area (Å²) < 4.78 is 5.89. The molecule has 1 aromatic carbocycles. The van der Waals surface area contributed by atoms with Crippen molar-refractivity contribution in [2.45, 2.75) is 26.3 Å². The number of benzene rings is 1. The van der Waals surface area contributed by atoms with Crippen LogP contribution in [0.4, 0.5) is 0 Å². The van der Waals surface area contributed by atoms with E-state index in [-0.39, 0.29) is 0 Å². The lowest BCUT2D eigenvalue weighted by molar-refractivity contribution is 0.205. The monoisotopic (exact) mass is 248 g/mol. The molecule has 18 heavy (non-hydrogen) atoms. The van der Waals surface area contributed by atoms with Gasteiger partial charge in [-0.2, -0.15) is 0 Å². The fourth-order valence-electron chi connectivity index (χ4n) is 2.50. The minimum Gasteiger partial charge on any atom is -0.493 e. The predicted octanol–water partition coefficient (Wildman–Crippen LogP) is 2.26. The molecule has 1 aliphatic heterocycles. The molecule has 1 unspecified atom stereocenters. The topological polar surface area (TPSA) is 38.5 Å². The molecule has 1 saturated heterocycles.